The van der Waals surface area contributed by atoms with Crippen LogP contribution < -0.4 is 9.47 Å². The van der Waals surface area contributed by atoms with Gasteiger partial charge in [-0.3, -0.25) is 4.79 Å². The Kier molecular flexibility index (Phi) is 5.12. The average Bonchev–Trinajstić information content (AvgIpc) is 2.70. The predicted molar refractivity (Wildman–Crippen MR) is 98.0 cm³/mol. The van der Waals surface area contributed by atoms with Gasteiger partial charge in [-0.25, -0.2) is 4.39 Å². The Morgan fingerprint density at radius 2 is 1.93 bits per heavy atom. The summed E-state index contributed by atoms with van der Waals surface area (Å²) in [5, 5.41) is 0.241. The summed E-state index contributed by atoms with van der Waals surface area (Å²) in [4.78, 5) is 14.5. The van der Waals surface area contributed by atoms with Crippen molar-refractivity contribution in [3.8, 4) is 11.5 Å². The monoisotopic (exact) mass is 411 g/mol. The fourth-order valence-electron chi connectivity index (χ4n) is 3.17. The molecule has 2 aliphatic heterocycles. The van der Waals surface area contributed by atoms with E-state index in [1.54, 1.807) is 17.0 Å². The normalized spacial score (nSPS) is 21.8. The van der Waals surface area contributed by atoms with Crippen LogP contribution in [0.5, 0.6) is 11.5 Å². The van der Waals surface area contributed by atoms with Gasteiger partial charge in [0.05, 0.1) is 18.2 Å². The number of carbonyl (C=O) groups excluding carboxylic acids is 1. The molecule has 8 heteroatoms. The highest BCUT2D eigenvalue weighted by atomic mass is 35.5. The number of carbonyl (C=O) groups is 1. The summed E-state index contributed by atoms with van der Waals surface area (Å²) in [5.41, 5.74) is 0.460. The van der Waals surface area contributed by atoms with E-state index < -0.39 is 18.0 Å². The van der Waals surface area contributed by atoms with Gasteiger partial charge < -0.3 is 19.1 Å². The highest BCUT2D eigenvalue weighted by Crippen LogP contribution is 2.34. The summed E-state index contributed by atoms with van der Waals surface area (Å²) in [6.07, 6.45) is -1.28. The molecule has 0 radical (unpaired) electrons. The van der Waals surface area contributed by atoms with Gasteiger partial charge in [0, 0.05) is 17.1 Å². The van der Waals surface area contributed by atoms with Crippen molar-refractivity contribution in [1.82, 2.24) is 4.90 Å². The number of rotatable bonds is 2. The quantitative estimate of drug-likeness (QED) is 0.703. The Balaban J connectivity index is 1.49. The Hall–Kier alpha value is -2.02. The minimum absolute atomic E-state index is 0.0566. The smallest absolute Gasteiger partial charge is 0.267 e. The van der Waals surface area contributed by atoms with E-state index >= 15 is 0 Å². The molecule has 2 heterocycles. The number of morpholine rings is 1. The number of nitrogens with zero attached hydrogens (tertiary/aromatic N) is 1. The van der Waals surface area contributed by atoms with E-state index in [9.17, 15) is 9.18 Å². The largest absolute Gasteiger partial charge is 0.485 e. The highest BCUT2D eigenvalue weighted by Gasteiger charge is 2.35. The summed E-state index contributed by atoms with van der Waals surface area (Å²) in [7, 11) is 0. The van der Waals surface area contributed by atoms with Crippen molar-refractivity contribution >= 4 is 29.1 Å². The number of ether oxygens (including phenoxy) is 3. The first kappa shape index (κ1) is 18.3. The fourth-order valence-corrected chi connectivity index (χ4v) is 3.67. The average molecular weight is 412 g/mol. The third kappa shape index (κ3) is 3.70. The molecule has 0 saturated carbocycles. The second kappa shape index (κ2) is 7.54. The second-order valence-corrected chi connectivity index (χ2v) is 7.11. The van der Waals surface area contributed by atoms with Gasteiger partial charge in [0.2, 0.25) is 6.10 Å². The van der Waals surface area contributed by atoms with Crippen molar-refractivity contribution in [2.45, 2.75) is 12.2 Å². The lowest BCUT2D eigenvalue weighted by Crippen LogP contribution is -2.50. The molecule has 0 spiro atoms. The Morgan fingerprint density at radius 1 is 1.15 bits per heavy atom. The van der Waals surface area contributed by atoms with E-state index in [4.69, 9.17) is 37.4 Å². The van der Waals surface area contributed by atoms with E-state index in [0.717, 1.165) is 0 Å². The van der Waals surface area contributed by atoms with E-state index in [1.165, 1.54) is 12.1 Å². The molecule has 1 amide bonds. The van der Waals surface area contributed by atoms with Crippen LogP contribution in [0.1, 0.15) is 11.7 Å². The van der Waals surface area contributed by atoms with Crippen LogP contribution >= 0.6 is 23.2 Å². The number of para-hydroxylation sites is 2. The zero-order valence-electron chi connectivity index (χ0n) is 14.2. The first-order valence-corrected chi connectivity index (χ1v) is 9.22. The lowest BCUT2D eigenvalue weighted by molar-refractivity contribution is -0.148. The lowest BCUT2D eigenvalue weighted by Gasteiger charge is -2.36. The van der Waals surface area contributed by atoms with Gasteiger partial charge >= 0.3 is 0 Å². The molecule has 142 valence electrons. The van der Waals surface area contributed by atoms with Crippen molar-refractivity contribution in [3.63, 3.8) is 0 Å². The van der Waals surface area contributed by atoms with E-state index in [1.807, 2.05) is 12.1 Å². The summed E-state index contributed by atoms with van der Waals surface area (Å²) in [5.74, 6) is 0.367. The zero-order chi connectivity index (χ0) is 19.0. The first-order valence-electron chi connectivity index (χ1n) is 8.46. The molecule has 1 saturated heterocycles. The Morgan fingerprint density at radius 3 is 2.74 bits per heavy atom. The summed E-state index contributed by atoms with van der Waals surface area (Å²) in [6.45, 7) is 1.08. The molecule has 27 heavy (non-hydrogen) atoms. The van der Waals surface area contributed by atoms with E-state index in [0.29, 0.717) is 35.2 Å². The third-order valence-electron chi connectivity index (χ3n) is 4.55. The van der Waals surface area contributed by atoms with Gasteiger partial charge in [-0.05, 0) is 24.3 Å². The zero-order valence-corrected chi connectivity index (χ0v) is 15.7. The molecule has 0 unspecified atom stereocenters. The van der Waals surface area contributed by atoms with E-state index in [2.05, 4.69) is 0 Å². The number of hydrogen-bond donors (Lipinski definition) is 0. The SMILES string of the molecule is O=C([C@H]1COc2ccccc2O1)N1CCO[C@H](c2cc(F)c(Cl)cc2Cl)C1. The standard InChI is InChI=1S/C19H16Cl2FNO4/c20-12-8-13(21)14(22)7-11(12)17-9-23(5-6-25-17)19(24)18-10-26-15-3-1-2-4-16(15)27-18/h1-4,7-8,17-18H,5-6,9-10H2/t17-,18+/m0/s1. The summed E-state index contributed by atoms with van der Waals surface area (Å²) < 4.78 is 30.9. The maximum Gasteiger partial charge on any atom is 0.267 e. The fraction of sp³-hybridized carbons (Fsp3) is 0.316. The molecule has 2 aromatic carbocycles. The number of amides is 1. The maximum absolute atomic E-state index is 13.8. The molecule has 2 aromatic rings. The molecular formula is C19H16Cl2FNO4. The molecule has 0 bridgehead atoms. The van der Waals surface area contributed by atoms with Crippen LogP contribution in [0.2, 0.25) is 10.0 Å². The molecule has 5 nitrogen and oxygen atoms in total. The first-order chi connectivity index (χ1) is 13.0. The number of hydrogen-bond acceptors (Lipinski definition) is 4. The van der Waals surface area contributed by atoms with E-state index in [-0.39, 0.29) is 24.1 Å². The minimum Gasteiger partial charge on any atom is -0.485 e. The maximum atomic E-state index is 13.8. The Labute approximate surface area is 165 Å². The van der Waals surface area contributed by atoms with Crippen molar-refractivity contribution in [1.29, 1.82) is 0 Å². The minimum atomic E-state index is -0.740. The van der Waals surface area contributed by atoms with Crippen LogP contribution in [0.25, 0.3) is 0 Å². The van der Waals surface area contributed by atoms with Crippen molar-refractivity contribution < 1.29 is 23.4 Å². The van der Waals surface area contributed by atoms with Crippen molar-refractivity contribution in [2.24, 2.45) is 0 Å². The molecule has 1 fully saturated rings. The van der Waals surface area contributed by atoms with Crippen LogP contribution in [0.3, 0.4) is 0 Å². The van der Waals surface area contributed by atoms with Crippen molar-refractivity contribution in [3.05, 3.63) is 57.8 Å². The van der Waals surface area contributed by atoms with Gasteiger partial charge in [0.25, 0.3) is 5.91 Å². The predicted octanol–water partition coefficient (Wildman–Crippen LogP) is 3.87. The van der Waals surface area contributed by atoms with Gasteiger partial charge in [-0.1, -0.05) is 35.3 Å². The van der Waals surface area contributed by atoms with Crippen LogP contribution in [-0.2, 0) is 9.53 Å². The Bertz CT molecular complexity index is 879. The van der Waals surface area contributed by atoms with Gasteiger partial charge in [-0.2, -0.15) is 0 Å². The topological polar surface area (TPSA) is 48.0 Å². The second-order valence-electron chi connectivity index (χ2n) is 6.30. The number of halogens is 3. The van der Waals surface area contributed by atoms with Crippen LogP contribution in [0.15, 0.2) is 36.4 Å². The summed E-state index contributed by atoms with van der Waals surface area (Å²) in [6, 6.07) is 9.79. The molecule has 4 rings (SSSR count). The van der Waals surface area contributed by atoms with Gasteiger partial charge in [-0.15, -0.1) is 0 Å². The molecule has 0 N–H and O–H groups in total. The van der Waals surface area contributed by atoms with Crippen LogP contribution in [0, 0.1) is 5.82 Å². The van der Waals surface area contributed by atoms with Gasteiger partial charge in [0.1, 0.15) is 18.5 Å². The van der Waals surface area contributed by atoms with Gasteiger partial charge in [0.15, 0.2) is 11.5 Å². The lowest BCUT2D eigenvalue weighted by atomic mass is 10.1. The van der Waals surface area contributed by atoms with Crippen molar-refractivity contribution in [2.75, 3.05) is 26.3 Å². The summed E-state index contributed by atoms with van der Waals surface area (Å²) >= 11 is 11.9. The molecule has 2 aliphatic rings. The number of fused-ring (bicyclic) bond motifs is 1. The number of benzene rings is 2. The van der Waals surface area contributed by atoms with Crippen LogP contribution in [-0.4, -0.2) is 43.2 Å². The molecule has 2 atom stereocenters. The highest BCUT2D eigenvalue weighted by molar-refractivity contribution is 6.35. The van der Waals surface area contributed by atoms with Crippen LogP contribution in [0.4, 0.5) is 4.39 Å². The third-order valence-corrected chi connectivity index (χ3v) is 5.17. The molecule has 0 aliphatic carbocycles. The molecular weight excluding hydrogens is 396 g/mol. The molecule has 0 aromatic heterocycles.